The molecule has 0 aliphatic carbocycles. The number of H-pyrrole nitrogens is 1. The molecular weight excluding hydrogens is 246 g/mol. The van der Waals surface area contributed by atoms with Crippen LogP contribution in [0.3, 0.4) is 0 Å². The van der Waals surface area contributed by atoms with Crippen molar-refractivity contribution < 1.29 is 4.92 Å². The molecule has 7 heteroatoms. The smallest absolute Gasteiger partial charge is 0.271 e. The number of hydrogen-bond donors (Lipinski definition) is 2. The largest absolute Gasteiger partial charge is 0.356 e. The summed E-state index contributed by atoms with van der Waals surface area (Å²) in [7, 11) is 4.06. The molecule has 102 valence electrons. The second kappa shape index (κ2) is 5.66. The van der Waals surface area contributed by atoms with Gasteiger partial charge in [0.05, 0.1) is 16.0 Å². The van der Waals surface area contributed by atoms with Crippen LogP contribution in [0.4, 0.5) is 11.6 Å². The summed E-state index contributed by atoms with van der Waals surface area (Å²) >= 11 is 0. The fourth-order valence-corrected chi connectivity index (χ4v) is 1.80. The van der Waals surface area contributed by atoms with E-state index >= 15 is 0 Å². The van der Waals surface area contributed by atoms with Crippen LogP contribution < -0.4 is 5.32 Å². The van der Waals surface area contributed by atoms with E-state index in [9.17, 15) is 10.1 Å². The van der Waals surface area contributed by atoms with Crippen molar-refractivity contribution in [3.8, 4) is 0 Å². The highest BCUT2D eigenvalue weighted by Gasteiger charge is 2.09. The molecule has 7 nitrogen and oxygen atoms in total. The lowest BCUT2D eigenvalue weighted by molar-refractivity contribution is -0.384. The normalized spacial score (nSPS) is 11.1. The Morgan fingerprint density at radius 1 is 1.47 bits per heavy atom. The molecule has 0 spiro atoms. The van der Waals surface area contributed by atoms with Crippen LogP contribution in [0.25, 0.3) is 11.0 Å². The standard InChI is InChI=1S/C12H17N5O2/c1-16(2)7-3-6-13-12-14-10-5-4-9(17(18)19)8-11(10)15-12/h4-5,8H,3,6-7H2,1-2H3,(H2,13,14,15). The summed E-state index contributed by atoms with van der Waals surface area (Å²) in [5, 5.41) is 13.9. The SMILES string of the molecule is CN(C)CCCNc1nc2ccc([N+](=O)[O-])cc2[nH]1. The maximum absolute atomic E-state index is 10.7. The third-order valence-corrected chi connectivity index (χ3v) is 2.75. The number of aromatic nitrogens is 2. The third-order valence-electron chi connectivity index (χ3n) is 2.75. The molecule has 0 atom stereocenters. The Hall–Kier alpha value is -2.15. The molecule has 0 bridgehead atoms. The van der Waals surface area contributed by atoms with Crippen molar-refractivity contribution in [2.75, 3.05) is 32.5 Å². The zero-order chi connectivity index (χ0) is 13.8. The van der Waals surface area contributed by atoms with Gasteiger partial charge < -0.3 is 15.2 Å². The molecular formula is C12H17N5O2. The number of rotatable bonds is 6. The van der Waals surface area contributed by atoms with E-state index in [4.69, 9.17) is 0 Å². The number of imidazole rings is 1. The minimum Gasteiger partial charge on any atom is -0.356 e. The van der Waals surface area contributed by atoms with Crippen molar-refractivity contribution in [3.63, 3.8) is 0 Å². The molecule has 0 aliphatic heterocycles. The number of hydrogen-bond acceptors (Lipinski definition) is 5. The molecule has 0 unspecified atom stereocenters. The number of nitro groups is 1. The van der Waals surface area contributed by atoms with Gasteiger partial charge in [0.2, 0.25) is 5.95 Å². The van der Waals surface area contributed by atoms with Gasteiger partial charge in [-0.2, -0.15) is 0 Å². The van der Waals surface area contributed by atoms with Gasteiger partial charge in [-0.15, -0.1) is 0 Å². The van der Waals surface area contributed by atoms with Crippen molar-refractivity contribution in [2.24, 2.45) is 0 Å². The summed E-state index contributed by atoms with van der Waals surface area (Å²) in [5.41, 5.74) is 1.46. The Morgan fingerprint density at radius 2 is 2.26 bits per heavy atom. The van der Waals surface area contributed by atoms with Gasteiger partial charge >= 0.3 is 0 Å². The Morgan fingerprint density at radius 3 is 2.95 bits per heavy atom. The highest BCUT2D eigenvalue weighted by molar-refractivity contribution is 5.79. The van der Waals surface area contributed by atoms with E-state index < -0.39 is 4.92 Å². The average molecular weight is 263 g/mol. The lowest BCUT2D eigenvalue weighted by Gasteiger charge is -2.08. The molecule has 19 heavy (non-hydrogen) atoms. The first kappa shape index (κ1) is 13.3. The van der Waals surface area contributed by atoms with E-state index in [1.807, 2.05) is 14.1 Å². The molecule has 0 aliphatic rings. The Bertz CT molecular complexity index is 579. The number of nitrogens with one attached hydrogen (secondary N) is 2. The first-order valence-electron chi connectivity index (χ1n) is 6.09. The average Bonchev–Trinajstić information content (AvgIpc) is 2.75. The third kappa shape index (κ3) is 3.41. The number of non-ortho nitro benzene ring substituents is 1. The second-order valence-electron chi connectivity index (χ2n) is 4.63. The zero-order valence-corrected chi connectivity index (χ0v) is 11.0. The number of aromatic amines is 1. The molecule has 0 amide bonds. The van der Waals surface area contributed by atoms with E-state index in [-0.39, 0.29) is 5.69 Å². The van der Waals surface area contributed by atoms with Gasteiger partial charge in [0.1, 0.15) is 0 Å². The number of nitro benzene ring substituents is 1. The van der Waals surface area contributed by atoms with Crippen LogP contribution in [0.2, 0.25) is 0 Å². The van der Waals surface area contributed by atoms with E-state index in [1.54, 1.807) is 6.07 Å². The zero-order valence-electron chi connectivity index (χ0n) is 11.0. The summed E-state index contributed by atoms with van der Waals surface area (Å²) in [6.45, 7) is 1.80. The molecule has 2 N–H and O–H groups in total. The van der Waals surface area contributed by atoms with Gasteiger partial charge in [-0.3, -0.25) is 10.1 Å². The molecule has 1 aromatic heterocycles. The Balaban J connectivity index is 2.03. The molecule has 1 aromatic carbocycles. The molecule has 2 rings (SSSR count). The van der Waals surface area contributed by atoms with Gasteiger partial charge in [0.15, 0.2) is 0 Å². The number of nitrogens with zero attached hydrogens (tertiary/aromatic N) is 3. The van der Waals surface area contributed by atoms with Gasteiger partial charge in [-0.1, -0.05) is 0 Å². The number of anilines is 1. The topological polar surface area (TPSA) is 87.1 Å². The van der Waals surface area contributed by atoms with Gasteiger partial charge in [-0.05, 0) is 33.1 Å². The minimum absolute atomic E-state index is 0.0651. The van der Waals surface area contributed by atoms with Crippen LogP contribution >= 0.6 is 0 Å². The monoisotopic (exact) mass is 263 g/mol. The van der Waals surface area contributed by atoms with Gasteiger partial charge in [0, 0.05) is 18.7 Å². The maximum atomic E-state index is 10.7. The van der Waals surface area contributed by atoms with Crippen LogP contribution in [0.1, 0.15) is 6.42 Å². The number of benzene rings is 1. The molecule has 0 saturated heterocycles. The first-order chi connectivity index (χ1) is 9.06. The minimum atomic E-state index is -0.412. The highest BCUT2D eigenvalue weighted by atomic mass is 16.6. The summed E-state index contributed by atoms with van der Waals surface area (Å²) in [6.07, 6.45) is 1.00. The predicted octanol–water partition coefficient (Wildman–Crippen LogP) is 1.83. The van der Waals surface area contributed by atoms with Crippen molar-refractivity contribution in [1.82, 2.24) is 14.9 Å². The quantitative estimate of drug-likeness (QED) is 0.471. The first-order valence-corrected chi connectivity index (χ1v) is 6.09. The van der Waals surface area contributed by atoms with E-state index in [1.165, 1.54) is 12.1 Å². The Kier molecular flexibility index (Phi) is 3.96. The van der Waals surface area contributed by atoms with E-state index in [0.717, 1.165) is 25.0 Å². The van der Waals surface area contributed by atoms with Crippen molar-refractivity contribution in [2.45, 2.75) is 6.42 Å². The highest BCUT2D eigenvalue weighted by Crippen LogP contribution is 2.20. The van der Waals surface area contributed by atoms with Crippen LogP contribution in [0, 0.1) is 10.1 Å². The van der Waals surface area contributed by atoms with Crippen LogP contribution in [0.5, 0.6) is 0 Å². The molecule has 0 fully saturated rings. The van der Waals surface area contributed by atoms with Gasteiger partial charge in [-0.25, -0.2) is 4.98 Å². The van der Waals surface area contributed by atoms with Crippen LogP contribution in [-0.4, -0.2) is 47.0 Å². The van der Waals surface area contributed by atoms with Crippen LogP contribution in [-0.2, 0) is 0 Å². The molecule has 0 radical (unpaired) electrons. The second-order valence-corrected chi connectivity index (χ2v) is 4.63. The molecule has 2 aromatic rings. The van der Waals surface area contributed by atoms with Gasteiger partial charge in [0.25, 0.3) is 5.69 Å². The van der Waals surface area contributed by atoms with E-state index in [2.05, 4.69) is 20.2 Å². The fourth-order valence-electron chi connectivity index (χ4n) is 1.80. The van der Waals surface area contributed by atoms with E-state index in [0.29, 0.717) is 11.5 Å². The summed E-state index contributed by atoms with van der Waals surface area (Å²) in [6, 6.07) is 4.60. The summed E-state index contributed by atoms with van der Waals surface area (Å²) < 4.78 is 0. The summed E-state index contributed by atoms with van der Waals surface area (Å²) in [5.74, 6) is 0.647. The van der Waals surface area contributed by atoms with Crippen molar-refractivity contribution >= 4 is 22.7 Å². The number of fused-ring (bicyclic) bond motifs is 1. The maximum Gasteiger partial charge on any atom is 0.271 e. The molecule has 1 heterocycles. The summed E-state index contributed by atoms with van der Waals surface area (Å²) in [4.78, 5) is 19.7. The fraction of sp³-hybridized carbons (Fsp3) is 0.417. The lowest BCUT2D eigenvalue weighted by atomic mass is 10.3. The van der Waals surface area contributed by atoms with Crippen molar-refractivity contribution in [3.05, 3.63) is 28.3 Å². The molecule has 0 saturated carbocycles. The lowest BCUT2D eigenvalue weighted by Crippen LogP contribution is -2.16. The predicted molar refractivity (Wildman–Crippen MR) is 74.4 cm³/mol. The van der Waals surface area contributed by atoms with Crippen molar-refractivity contribution in [1.29, 1.82) is 0 Å². The van der Waals surface area contributed by atoms with Crippen LogP contribution in [0.15, 0.2) is 18.2 Å². The Labute approximate surface area is 110 Å².